The van der Waals surface area contributed by atoms with Crippen LogP contribution in [0, 0.1) is 11.3 Å². The van der Waals surface area contributed by atoms with Crippen LogP contribution in [0.3, 0.4) is 0 Å². The molecule has 0 spiro atoms. The van der Waals surface area contributed by atoms with Gasteiger partial charge in [0.05, 0.1) is 35.1 Å². The van der Waals surface area contributed by atoms with Crippen LogP contribution in [0.25, 0.3) is 16.8 Å². The molecule has 0 saturated heterocycles. The number of nitrogens with zero attached hydrogens (tertiary/aromatic N) is 4. The molecule has 120 valence electrons. The summed E-state index contributed by atoms with van der Waals surface area (Å²) in [7, 11) is 0. The first kappa shape index (κ1) is 14.7. The standard InChI is InChI=1S/C17H11F3N4/c18-17(19,20)15-23-8-13-7-22-14(9-24(13)15)11-1-3-12(4-2-11)16(10-21)5-6-16/h1-4,7-9H,5-6H2. The minimum atomic E-state index is -4.53. The van der Waals surface area contributed by atoms with Gasteiger partial charge in [-0.05, 0) is 18.4 Å². The van der Waals surface area contributed by atoms with Crippen molar-refractivity contribution in [2.24, 2.45) is 0 Å². The van der Waals surface area contributed by atoms with Gasteiger partial charge in [0.25, 0.3) is 0 Å². The number of alkyl halides is 3. The maximum absolute atomic E-state index is 13.0. The lowest BCUT2D eigenvalue weighted by Crippen LogP contribution is -2.11. The van der Waals surface area contributed by atoms with Gasteiger partial charge in [-0.15, -0.1) is 0 Å². The fourth-order valence-corrected chi connectivity index (χ4v) is 2.81. The van der Waals surface area contributed by atoms with Gasteiger partial charge in [-0.2, -0.15) is 18.4 Å². The molecule has 1 saturated carbocycles. The molecule has 1 aliphatic rings. The van der Waals surface area contributed by atoms with E-state index in [1.54, 1.807) is 12.1 Å². The fourth-order valence-electron chi connectivity index (χ4n) is 2.81. The lowest BCUT2D eigenvalue weighted by molar-refractivity contribution is -0.145. The number of aromatic nitrogens is 3. The van der Waals surface area contributed by atoms with Crippen molar-refractivity contribution >= 4 is 5.52 Å². The van der Waals surface area contributed by atoms with Crippen molar-refractivity contribution in [3.05, 3.63) is 54.2 Å². The third kappa shape index (κ3) is 2.22. The molecule has 0 bridgehead atoms. The van der Waals surface area contributed by atoms with E-state index in [9.17, 15) is 18.4 Å². The maximum atomic E-state index is 13.0. The van der Waals surface area contributed by atoms with Gasteiger partial charge >= 0.3 is 6.18 Å². The second-order valence-corrected chi connectivity index (χ2v) is 5.92. The van der Waals surface area contributed by atoms with Crippen molar-refractivity contribution in [3.8, 4) is 17.3 Å². The minimum absolute atomic E-state index is 0.282. The molecule has 0 amide bonds. The molecule has 0 N–H and O–H groups in total. The van der Waals surface area contributed by atoms with Gasteiger partial charge in [-0.1, -0.05) is 24.3 Å². The number of halogens is 3. The lowest BCUT2D eigenvalue weighted by atomic mass is 9.96. The van der Waals surface area contributed by atoms with Gasteiger partial charge in [-0.25, -0.2) is 4.98 Å². The van der Waals surface area contributed by atoms with Gasteiger partial charge in [0.2, 0.25) is 5.82 Å². The summed E-state index contributed by atoms with van der Waals surface area (Å²) >= 11 is 0. The van der Waals surface area contributed by atoms with Crippen molar-refractivity contribution in [3.63, 3.8) is 0 Å². The first-order chi connectivity index (χ1) is 11.4. The topological polar surface area (TPSA) is 54.0 Å². The van der Waals surface area contributed by atoms with E-state index < -0.39 is 12.0 Å². The molecular weight excluding hydrogens is 317 g/mol. The number of hydrogen-bond acceptors (Lipinski definition) is 3. The van der Waals surface area contributed by atoms with E-state index in [2.05, 4.69) is 16.0 Å². The predicted octanol–water partition coefficient (Wildman–Crippen LogP) is 3.97. The SMILES string of the molecule is N#CC1(c2ccc(-c3cn4c(C(F)(F)F)ncc4cn3)cc2)CC1. The summed E-state index contributed by atoms with van der Waals surface area (Å²) < 4.78 is 39.9. The van der Waals surface area contributed by atoms with Crippen molar-refractivity contribution < 1.29 is 13.2 Å². The average Bonchev–Trinajstić information content (AvgIpc) is 3.25. The van der Waals surface area contributed by atoms with Gasteiger partial charge in [0, 0.05) is 11.8 Å². The van der Waals surface area contributed by atoms with Crippen LogP contribution in [0.15, 0.2) is 42.9 Å². The zero-order valence-electron chi connectivity index (χ0n) is 12.4. The van der Waals surface area contributed by atoms with Crippen molar-refractivity contribution in [2.45, 2.75) is 24.4 Å². The Bertz CT molecular complexity index is 960. The summed E-state index contributed by atoms with van der Waals surface area (Å²) in [5.74, 6) is -0.973. The molecule has 3 aromatic rings. The maximum Gasteiger partial charge on any atom is 0.450 e. The van der Waals surface area contributed by atoms with Crippen molar-refractivity contribution in [2.75, 3.05) is 0 Å². The van der Waals surface area contributed by atoms with Crippen LogP contribution in [0.1, 0.15) is 24.2 Å². The molecule has 0 atom stereocenters. The minimum Gasteiger partial charge on any atom is -0.292 e. The van der Waals surface area contributed by atoms with Gasteiger partial charge in [0.1, 0.15) is 0 Å². The third-order valence-electron chi connectivity index (χ3n) is 4.36. The molecule has 0 aliphatic heterocycles. The second-order valence-electron chi connectivity index (χ2n) is 5.92. The van der Waals surface area contributed by atoms with E-state index in [-0.39, 0.29) is 10.9 Å². The first-order valence-corrected chi connectivity index (χ1v) is 7.35. The molecule has 2 aromatic heterocycles. The van der Waals surface area contributed by atoms with Gasteiger partial charge in [-0.3, -0.25) is 9.38 Å². The summed E-state index contributed by atoms with van der Waals surface area (Å²) in [6.07, 6.45) is 1.00. The summed E-state index contributed by atoms with van der Waals surface area (Å²) in [5, 5.41) is 9.22. The molecule has 4 nitrogen and oxygen atoms in total. The van der Waals surface area contributed by atoms with E-state index in [0.717, 1.165) is 29.0 Å². The number of hydrogen-bond donors (Lipinski definition) is 0. The van der Waals surface area contributed by atoms with Crippen LogP contribution in [0.4, 0.5) is 13.2 Å². The molecule has 4 rings (SSSR count). The molecule has 0 radical (unpaired) electrons. The summed E-state index contributed by atoms with van der Waals surface area (Å²) in [6.45, 7) is 0. The van der Waals surface area contributed by atoms with Crippen LogP contribution in [0.5, 0.6) is 0 Å². The van der Waals surface area contributed by atoms with E-state index in [4.69, 9.17) is 0 Å². The highest BCUT2D eigenvalue weighted by molar-refractivity contribution is 5.62. The molecule has 0 unspecified atom stereocenters. The Hall–Kier alpha value is -2.88. The Balaban J connectivity index is 1.75. The quantitative estimate of drug-likeness (QED) is 0.715. The summed E-state index contributed by atoms with van der Waals surface area (Å²) in [4.78, 5) is 7.64. The van der Waals surface area contributed by atoms with Crippen LogP contribution in [-0.4, -0.2) is 14.4 Å². The van der Waals surface area contributed by atoms with Crippen LogP contribution in [-0.2, 0) is 11.6 Å². The Morgan fingerprint density at radius 3 is 2.33 bits per heavy atom. The highest BCUT2D eigenvalue weighted by atomic mass is 19.4. The van der Waals surface area contributed by atoms with Gasteiger partial charge < -0.3 is 0 Å². The molecule has 1 fully saturated rings. The molecular formula is C17H11F3N4. The molecule has 1 aliphatic carbocycles. The Morgan fingerprint density at radius 1 is 1.08 bits per heavy atom. The van der Waals surface area contributed by atoms with E-state index in [0.29, 0.717) is 11.3 Å². The highest BCUT2D eigenvalue weighted by Crippen LogP contribution is 2.47. The molecule has 1 aromatic carbocycles. The number of imidazole rings is 1. The number of rotatable bonds is 2. The number of fused-ring (bicyclic) bond motifs is 1. The largest absolute Gasteiger partial charge is 0.450 e. The predicted molar refractivity (Wildman–Crippen MR) is 80.0 cm³/mol. The molecule has 7 heteroatoms. The zero-order valence-corrected chi connectivity index (χ0v) is 12.4. The normalized spacial score (nSPS) is 16.1. The van der Waals surface area contributed by atoms with E-state index >= 15 is 0 Å². The summed E-state index contributed by atoms with van der Waals surface area (Å²) in [5.41, 5.74) is 1.94. The average molecular weight is 328 g/mol. The smallest absolute Gasteiger partial charge is 0.292 e. The first-order valence-electron chi connectivity index (χ1n) is 7.35. The number of benzene rings is 1. The Labute approximate surface area is 135 Å². The zero-order chi connectivity index (χ0) is 16.9. The molecule has 2 heterocycles. The van der Waals surface area contributed by atoms with Crippen molar-refractivity contribution in [1.29, 1.82) is 5.26 Å². The Morgan fingerprint density at radius 2 is 1.75 bits per heavy atom. The van der Waals surface area contributed by atoms with E-state index in [1.807, 2.05) is 12.1 Å². The molecule has 24 heavy (non-hydrogen) atoms. The highest BCUT2D eigenvalue weighted by Gasteiger charge is 2.44. The lowest BCUT2D eigenvalue weighted by Gasteiger charge is -2.09. The third-order valence-corrected chi connectivity index (χ3v) is 4.36. The monoisotopic (exact) mass is 328 g/mol. The van der Waals surface area contributed by atoms with Crippen molar-refractivity contribution in [1.82, 2.24) is 14.4 Å². The van der Waals surface area contributed by atoms with Crippen LogP contribution >= 0.6 is 0 Å². The summed E-state index contributed by atoms with van der Waals surface area (Å²) in [6, 6.07) is 9.57. The van der Waals surface area contributed by atoms with Crippen LogP contribution < -0.4 is 0 Å². The number of nitriles is 1. The second kappa shape index (κ2) is 4.81. The Kier molecular flexibility index (Phi) is 2.94. The van der Waals surface area contributed by atoms with E-state index in [1.165, 1.54) is 12.4 Å². The van der Waals surface area contributed by atoms with Gasteiger partial charge in [0.15, 0.2) is 0 Å². The van der Waals surface area contributed by atoms with Crippen LogP contribution in [0.2, 0.25) is 0 Å². The fraction of sp³-hybridized carbons (Fsp3) is 0.235.